The summed E-state index contributed by atoms with van der Waals surface area (Å²) in [4.78, 5) is 11.6. The first kappa shape index (κ1) is 16.1. The summed E-state index contributed by atoms with van der Waals surface area (Å²) in [5, 5.41) is 4.55. The van der Waals surface area contributed by atoms with E-state index in [0.717, 1.165) is 5.56 Å². The van der Waals surface area contributed by atoms with Crippen LogP contribution in [-0.2, 0) is 11.3 Å². The molecule has 0 saturated carbocycles. The first-order chi connectivity index (χ1) is 9.24. The average Bonchev–Trinajstić information content (AvgIpc) is 2.42. The van der Waals surface area contributed by atoms with Crippen LogP contribution in [0.25, 0.3) is 0 Å². The van der Waals surface area contributed by atoms with Crippen LogP contribution in [0.4, 0.5) is 0 Å². The lowest BCUT2D eigenvalue weighted by Gasteiger charge is -1.96. The summed E-state index contributed by atoms with van der Waals surface area (Å²) in [7, 11) is 0. The highest BCUT2D eigenvalue weighted by atomic mass is 35.5. The van der Waals surface area contributed by atoms with Gasteiger partial charge in [0.2, 0.25) is 6.54 Å². The molecule has 0 fully saturated rings. The Morgan fingerprint density at radius 3 is 2.50 bits per heavy atom. The Morgan fingerprint density at radius 1 is 1.20 bits per heavy atom. The number of benzene rings is 1. The molecule has 0 unspecified atom stereocenters. The molecule has 0 aliphatic rings. The normalized spacial score (nSPS) is 10.1. The molecule has 0 spiro atoms. The van der Waals surface area contributed by atoms with Gasteiger partial charge in [0, 0.05) is 17.2 Å². The lowest BCUT2D eigenvalue weighted by molar-refractivity contribution is -0.684. The third kappa shape index (κ3) is 5.38. The fourth-order valence-electron chi connectivity index (χ4n) is 1.47. The third-order valence-electron chi connectivity index (χ3n) is 2.38. The number of carbonyl (C=O) groups is 1. The van der Waals surface area contributed by atoms with Crippen LogP contribution in [0, 0.1) is 0 Å². The number of halogens is 2. The zero-order valence-electron chi connectivity index (χ0n) is 10.5. The second kappa shape index (κ2) is 8.30. The molecule has 4 nitrogen and oxygen atoms in total. The molecule has 0 radical (unpaired) electrons. The van der Waals surface area contributed by atoms with E-state index in [1.165, 1.54) is 0 Å². The molecule has 1 amide bonds. The van der Waals surface area contributed by atoms with Crippen LogP contribution in [0.3, 0.4) is 0 Å². The van der Waals surface area contributed by atoms with Crippen LogP contribution in [0.2, 0.25) is 5.02 Å². The minimum atomic E-state index is -0.179. The van der Waals surface area contributed by atoms with Gasteiger partial charge in [-0.1, -0.05) is 29.8 Å². The number of hydrazone groups is 1. The van der Waals surface area contributed by atoms with Crippen LogP contribution >= 0.6 is 11.6 Å². The molecule has 20 heavy (non-hydrogen) atoms. The first-order valence-corrected chi connectivity index (χ1v) is 6.13. The first-order valence-electron chi connectivity index (χ1n) is 5.75. The topological polar surface area (TPSA) is 45.3 Å². The molecule has 1 aromatic carbocycles. The van der Waals surface area contributed by atoms with Gasteiger partial charge in [-0.25, -0.2) is 5.43 Å². The Labute approximate surface area is 128 Å². The molecular formula is C14H13Cl2N3O. The van der Waals surface area contributed by atoms with Gasteiger partial charge in [0.15, 0.2) is 12.4 Å². The van der Waals surface area contributed by atoms with Crippen molar-refractivity contribution in [2.75, 3.05) is 0 Å². The number of amides is 1. The summed E-state index contributed by atoms with van der Waals surface area (Å²) in [6.07, 6.45) is 5.22. The van der Waals surface area contributed by atoms with Gasteiger partial charge in [0.25, 0.3) is 0 Å². The van der Waals surface area contributed by atoms with Crippen molar-refractivity contribution < 1.29 is 21.8 Å². The Kier molecular flexibility index (Phi) is 6.70. The summed E-state index contributed by atoms with van der Waals surface area (Å²) >= 11 is 5.77. The van der Waals surface area contributed by atoms with E-state index in [0.29, 0.717) is 5.02 Å². The number of rotatable bonds is 4. The smallest absolute Gasteiger partial charge is 0.305 e. The molecule has 0 aliphatic heterocycles. The van der Waals surface area contributed by atoms with Crippen molar-refractivity contribution in [3.05, 3.63) is 65.4 Å². The fraction of sp³-hybridized carbons (Fsp3) is 0.0714. The monoisotopic (exact) mass is 309 g/mol. The zero-order valence-corrected chi connectivity index (χ0v) is 12.1. The minimum Gasteiger partial charge on any atom is -1.00 e. The number of hydrogen-bond donors (Lipinski definition) is 1. The van der Waals surface area contributed by atoms with Crippen molar-refractivity contribution in [2.45, 2.75) is 6.54 Å². The van der Waals surface area contributed by atoms with Crippen molar-refractivity contribution in [1.29, 1.82) is 0 Å². The van der Waals surface area contributed by atoms with Gasteiger partial charge in [-0.3, -0.25) is 4.79 Å². The largest absolute Gasteiger partial charge is 1.00 e. The summed E-state index contributed by atoms with van der Waals surface area (Å²) in [6.45, 7) is 0.235. The fourth-order valence-corrected chi connectivity index (χ4v) is 1.59. The molecule has 104 valence electrons. The van der Waals surface area contributed by atoms with Crippen molar-refractivity contribution in [1.82, 2.24) is 5.43 Å². The Morgan fingerprint density at radius 2 is 1.85 bits per heavy atom. The number of hydrogen-bond acceptors (Lipinski definition) is 2. The molecule has 0 atom stereocenters. The van der Waals surface area contributed by atoms with E-state index >= 15 is 0 Å². The zero-order chi connectivity index (χ0) is 13.5. The van der Waals surface area contributed by atoms with Crippen molar-refractivity contribution >= 4 is 23.7 Å². The van der Waals surface area contributed by atoms with Crippen molar-refractivity contribution in [3.8, 4) is 0 Å². The van der Waals surface area contributed by atoms with E-state index in [-0.39, 0.29) is 24.9 Å². The molecular weight excluding hydrogens is 297 g/mol. The van der Waals surface area contributed by atoms with E-state index in [1.54, 1.807) is 22.9 Å². The average molecular weight is 310 g/mol. The van der Waals surface area contributed by atoms with E-state index in [9.17, 15) is 4.79 Å². The minimum absolute atomic E-state index is 0. The Bertz CT molecular complexity index is 571. The maximum absolute atomic E-state index is 11.6. The maximum atomic E-state index is 11.6. The van der Waals surface area contributed by atoms with Gasteiger partial charge in [-0.15, -0.1) is 0 Å². The second-order valence-corrected chi connectivity index (χ2v) is 4.33. The van der Waals surface area contributed by atoms with Gasteiger partial charge >= 0.3 is 5.91 Å². The van der Waals surface area contributed by atoms with Gasteiger partial charge in [-0.2, -0.15) is 9.67 Å². The van der Waals surface area contributed by atoms with Crippen LogP contribution in [-0.4, -0.2) is 12.1 Å². The highest BCUT2D eigenvalue weighted by Gasteiger charge is 2.06. The Balaban J connectivity index is 0.00000200. The standard InChI is InChI=1S/C14H12ClN3O.ClH/c15-13-6-4-12(5-7-13)10-16-17-14(19)11-18-8-2-1-3-9-18;/h1-10H,11H2;1H. The van der Waals surface area contributed by atoms with Crippen LogP contribution < -0.4 is 22.4 Å². The quantitative estimate of drug-likeness (QED) is 0.430. The lowest BCUT2D eigenvalue weighted by atomic mass is 10.2. The highest BCUT2D eigenvalue weighted by Crippen LogP contribution is 2.07. The third-order valence-corrected chi connectivity index (χ3v) is 2.63. The molecule has 1 aromatic heterocycles. The predicted molar refractivity (Wildman–Crippen MR) is 73.8 cm³/mol. The van der Waals surface area contributed by atoms with Crippen LogP contribution in [0.1, 0.15) is 5.56 Å². The van der Waals surface area contributed by atoms with Crippen LogP contribution in [0.5, 0.6) is 0 Å². The Hall–Kier alpha value is -1.91. The van der Waals surface area contributed by atoms with E-state index < -0.39 is 0 Å². The van der Waals surface area contributed by atoms with Crippen molar-refractivity contribution in [3.63, 3.8) is 0 Å². The molecule has 2 aromatic rings. The molecule has 6 heteroatoms. The number of pyridine rings is 1. The summed E-state index contributed by atoms with van der Waals surface area (Å²) in [5.41, 5.74) is 3.34. The molecule has 2 rings (SSSR count). The van der Waals surface area contributed by atoms with Gasteiger partial charge in [-0.05, 0) is 17.7 Å². The lowest BCUT2D eigenvalue weighted by Crippen LogP contribution is -3.00. The SMILES string of the molecule is O=C(C[n+]1ccccc1)NN=Cc1ccc(Cl)cc1.[Cl-]. The van der Waals surface area contributed by atoms with Crippen molar-refractivity contribution in [2.24, 2.45) is 5.10 Å². The molecule has 1 heterocycles. The highest BCUT2D eigenvalue weighted by molar-refractivity contribution is 6.30. The molecule has 0 saturated heterocycles. The van der Waals surface area contributed by atoms with Gasteiger partial charge in [0.05, 0.1) is 6.21 Å². The molecule has 0 aliphatic carbocycles. The number of carbonyl (C=O) groups excluding carboxylic acids is 1. The number of nitrogens with one attached hydrogen (secondary N) is 1. The predicted octanol–water partition coefficient (Wildman–Crippen LogP) is -1.22. The summed E-state index contributed by atoms with van der Waals surface area (Å²) in [5.74, 6) is -0.179. The van der Waals surface area contributed by atoms with Gasteiger partial charge < -0.3 is 12.4 Å². The number of aromatic nitrogens is 1. The van der Waals surface area contributed by atoms with Gasteiger partial charge in [0.1, 0.15) is 0 Å². The maximum Gasteiger partial charge on any atom is 0.305 e. The van der Waals surface area contributed by atoms with E-state index in [4.69, 9.17) is 11.6 Å². The number of nitrogens with zero attached hydrogens (tertiary/aromatic N) is 2. The summed E-state index contributed by atoms with van der Waals surface area (Å²) < 4.78 is 1.77. The molecule has 0 bridgehead atoms. The van der Waals surface area contributed by atoms with Crippen LogP contribution in [0.15, 0.2) is 60.0 Å². The van der Waals surface area contributed by atoms with E-state index in [1.807, 2.05) is 42.7 Å². The second-order valence-electron chi connectivity index (χ2n) is 3.89. The summed E-state index contributed by atoms with van der Waals surface area (Å²) in [6, 6.07) is 12.8. The van der Waals surface area contributed by atoms with E-state index in [2.05, 4.69) is 10.5 Å². The molecule has 1 N–H and O–H groups in total.